The fourth-order valence-corrected chi connectivity index (χ4v) is 1.82. The van der Waals surface area contributed by atoms with Crippen LogP contribution in [0.4, 0.5) is 17.8 Å². The molecule has 10 nitrogen and oxygen atoms in total. The predicted octanol–water partition coefficient (Wildman–Crippen LogP) is -0.746. The van der Waals surface area contributed by atoms with Gasteiger partial charge in [-0.25, -0.2) is 0 Å². The second kappa shape index (κ2) is 10.9. The highest BCUT2D eigenvalue weighted by Crippen LogP contribution is 2.23. The zero-order valence-electron chi connectivity index (χ0n) is 13.8. The number of nitrogens with one attached hydrogen (secondary N) is 3. The first-order valence-corrected chi connectivity index (χ1v) is 8.28. The maximum Gasteiger partial charge on any atom is 0.229 e. The largest absolute Gasteiger partial charge is 0.395 e. The van der Waals surface area contributed by atoms with Crippen LogP contribution in [0.2, 0.25) is 0 Å². The topological polar surface area (TPSA) is 139 Å². The van der Waals surface area contributed by atoms with E-state index in [1.54, 1.807) is 0 Å². The van der Waals surface area contributed by atoms with Crippen molar-refractivity contribution < 1.29 is 14.6 Å². The SMILES string of the molecule is NCCOCCOCCNc1nc(NCCO)nc(NC2CC2)n1. The van der Waals surface area contributed by atoms with Gasteiger partial charge in [0, 0.05) is 25.7 Å². The van der Waals surface area contributed by atoms with Crippen LogP contribution < -0.4 is 21.7 Å². The lowest BCUT2D eigenvalue weighted by atomic mass is 10.6. The van der Waals surface area contributed by atoms with E-state index in [9.17, 15) is 0 Å². The molecule has 0 aromatic carbocycles. The Hall–Kier alpha value is -1.75. The number of nitrogens with two attached hydrogens (primary N) is 1. The van der Waals surface area contributed by atoms with E-state index < -0.39 is 0 Å². The number of anilines is 3. The molecule has 1 aromatic heterocycles. The molecule has 0 unspecified atom stereocenters. The normalized spacial score (nSPS) is 13.8. The average molecular weight is 341 g/mol. The maximum atomic E-state index is 8.90. The van der Waals surface area contributed by atoms with E-state index in [-0.39, 0.29) is 6.61 Å². The van der Waals surface area contributed by atoms with Crippen LogP contribution in [0.25, 0.3) is 0 Å². The van der Waals surface area contributed by atoms with E-state index in [4.69, 9.17) is 20.3 Å². The molecular weight excluding hydrogens is 314 g/mol. The van der Waals surface area contributed by atoms with Crippen LogP contribution in [0.3, 0.4) is 0 Å². The Morgan fingerprint density at radius 3 is 2.17 bits per heavy atom. The van der Waals surface area contributed by atoms with E-state index in [0.29, 0.717) is 69.9 Å². The minimum atomic E-state index is 0.0138. The molecule has 2 rings (SSSR count). The third kappa shape index (κ3) is 7.68. The molecule has 0 atom stereocenters. The number of hydrogen-bond acceptors (Lipinski definition) is 10. The monoisotopic (exact) mass is 341 g/mol. The third-order valence-electron chi connectivity index (χ3n) is 3.10. The van der Waals surface area contributed by atoms with E-state index in [0.717, 1.165) is 12.8 Å². The second-order valence-electron chi connectivity index (χ2n) is 5.32. The van der Waals surface area contributed by atoms with Gasteiger partial charge in [-0.2, -0.15) is 15.0 Å². The third-order valence-corrected chi connectivity index (χ3v) is 3.10. The summed E-state index contributed by atoms with van der Waals surface area (Å²) in [6.07, 6.45) is 2.27. The number of aromatic nitrogens is 3. The van der Waals surface area contributed by atoms with E-state index in [2.05, 4.69) is 30.9 Å². The summed E-state index contributed by atoms with van der Waals surface area (Å²) in [7, 11) is 0. The van der Waals surface area contributed by atoms with Crippen molar-refractivity contribution in [1.29, 1.82) is 0 Å². The van der Waals surface area contributed by atoms with Crippen LogP contribution in [0.5, 0.6) is 0 Å². The van der Waals surface area contributed by atoms with Crippen molar-refractivity contribution in [2.24, 2.45) is 5.73 Å². The molecule has 1 saturated carbocycles. The number of aliphatic hydroxyl groups is 1. The summed E-state index contributed by atoms with van der Waals surface area (Å²) in [5.41, 5.74) is 5.33. The molecule has 0 amide bonds. The first-order valence-electron chi connectivity index (χ1n) is 8.28. The number of hydrogen-bond donors (Lipinski definition) is 5. The maximum absolute atomic E-state index is 8.90. The van der Waals surface area contributed by atoms with Crippen molar-refractivity contribution in [2.75, 3.05) is 68.6 Å². The smallest absolute Gasteiger partial charge is 0.229 e. The van der Waals surface area contributed by atoms with Gasteiger partial charge in [0.1, 0.15) is 0 Å². The summed E-state index contributed by atoms with van der Waals surface area (Å²) in [5, 5.41) is 18.2. The average Bonchev–Trinajstić information content (AvgIpc) is 3.39. The van der Waals surface area contributed by atoms with Gasteiger partial charge in [0.05, 0.1) is 33.0 Å². The lowest BCUT2D eigenvalue weighted by Gasteiger charge is -2.11. The van der Waals surface area contributed by atoms with Crippen molar-refractivity contribution in [3.63, 3.8) is 0 Å². The first-order chi connectivity index (χ1) is 11.8. The van der Waals surface area contributed by atoms with E-state index >= 15 is 0 Å². The summed E-state index contributed by atoms with van der Waals surface area (Å²) in [5.74, 6) is 1.43. The molecule has 1 aromatic rings. The molecule has 0 aliphatic heterocycles. The summed E-state index contributed by atoms with van der Waals surface area (Å²) in [6, 6.07) is 0.447. The highest BCUT2D eigenvalue weighted by molar-refractivity contribution is 5.43. The van der Waals surface area contributed by atoms with Gasteiger partial charge < -0.3 is 36.3 Å². The van der Waals surface area contributed by atoms with Gasteiger partial charge >= 0.3 is 0 Å². The predicted molar refractivity (Wildman–Crippen MR) is 91.2 cm³/mol. The van der Waals surface area contributed by atoms with Gasteiger partial charge in [0.25, 0.3) is 0 Å². The minimum absolute atomic E-state index is 0.0138. The van der Waals surface area contributed by atoms with Gasteiger partial charge in [-0.15, -0.1) is 0 Å². The Balaban J connectivity index is 1.73. The lowest BCUT2D eigenvalue weighted by molar-refractivity contribution is 0.0547. The van der Waals surface area contributed by atoms with Crippen LogP contribution in [0.1, 0.15) is 12.8 Å². The lowest BCUT2D eigenvalue weighted by Crippen LogP contribution is -2.18. The van der Waals surface area contributed by atoms with Crippen LogP contribution in [-0.2, 0) is 9.47 Å². The Morgan fingerprint density at radius 2 is 1.54 bits per heavy atom. The first kappa shape index (κ1) is 18.6. The number of aliphatic hydroxyl groups excluding tert-OH is 1. The van der Waals surface area contributed by atoms with Gasteiger partial charge in [-0.3, -0.25) is 0 Å². The second-order valence-corrected chi connectivity index (χ2v) is 5.32. The van der Waals surface area contributed by atoms with Gasteiger partial charge in [-0.05, 0) is 12.8 Å². The molecule has 24 heavy (non-hydrogen) atoms. The van der Waals surface area contributed by atoms with Gasteiger partial charge in [-0.1, -0.05) is 0 Å². The van der Waals surface area contributed by atoms with E-state index in [1.807, 2.05) is 0 Å². The summed E-state index contributed by atoms with van der Waals surface area (Å²) in [4.78, 5) is 12.9. The molecule has 0 bridgehead atoms. The fraction of sp³-hybridized carbons (Fsp3) is 0.786. The summed E-state index contributed by atoms with van der Waals surface area (Å²) in [6.45, 7) is 3.62. The van der Waals surface area contributed by atoms with Crippen molar-refractivity contribution >= 4 is 17.8 Å². The van der Waals surface area contributed by atoms with Gasteiger partial charge in [0.2, 0.25) is 17.8 Å². The molecule has 0 saturated heterocycles. The molecule has 10 heteroatoms. The van der Waals surface area contributed by atoms with Crippen LogP contribution >= 0.6 is 0 Å². The zero-order chi connectivity index (χ0) is 17.0. The quantitative estimate of drug-likeness (QED) is 0.275. The van der Waals surface area contributed by atoms with Gasteiger partial charge in [0.15, 0.2) is 0 Å². The Morgan fingerprint density at radius 1 is 0.917 bits per heavy atom. The Kier molecular flexibility index (Phi) is 8.46. The molecular formula is C14H27N7O3. The molecule has 0 spiro atoms. The van der Waals surface area contributed by atoms with Crippen LogP contribution in [0, 0.1) is 0 Å². The van der Waals surface area contributed by atoms with E-state index in [1.165, 1.54) is 0 Å². The van der Waals surface area contributed by atoms with Crippen molar-refractivity contribution in [2.45, 2.75) is 18.9 Å². The molecule has 1 fully saturated rings. The highest BCUT2D eigenvalue weighted by atomic mass is 16.5. The molecule has 1 heterocycles. The number of rotatable bonds is 14. The van der Waals surface area contributed by atoms with Crippen LogP contribution in [0.15, 0.2) is 0 Å². The molecule has 6 N–H and O–H groups in total. The molecule has 136 valence electrons. The fourth-order valence-electron chi connectivity index (χ4n) is 1.82. The zero-order valence-corrected chi connectivity index (χ0v) is 13.8. The van der Waals surface area contributed by atoms with Crippen molar-refractivity contribution in [1.82, 2.24) is 15.0 Å². The van der Waals surface area contributed by atoms with Crippen molar-refractivity contribution in [3.8, 4) is 0 Å². The minimum Gasteiger partial charge on any atom is -0.395 e. The summed E-state index contributed by atoms with van der Waals surface area (Å²) < 4.78 is 10.7. The highest BCUT2D eigenvalue weighted by Gasteiger charge is 2.22. The van der Waals surface area contributed by atoms with Crippen molar-refractivity contribution in [3.05, 3.63) is 0 Å². The summed E-state index contributed by atoms with van der Waals surface area (Å²) >= 11 is 0. The number of nitrogens with zero attached hydrogens (tertiary/aromatic N) is 3. The molecule has 1 aliphatic carbocycles. The Bertz CT molecular complexity index is 474. The van der Waals surface area contributed by atoms with Crippen LogP contribution in [-0.4, -0.2) is 78.8 Å². The Labute approximate surface area is 141 Å². The number of ether oxygens (including phenoxy) is 2. The molecule has 1 aliphatic rings. The molecule has 0 radical (unpaired) electrons. The standard InChI is InChI=1S/C14H27N7O3/c15-3-7-23-9-10-24-8-5-17-13-19-12(16-4-6-22)20-14(21-13)18-11-1-2-11/h11,22H,1-10,15H2,(H3,16,17,18,19,20,21).